The maximum absolute atomic E-state index is 12.6. The van der Waals surface area contributed by atoms with Crippen molar-refractivity contribution in [3.8, 4) is 17.2 Å². The zero-order valence-electron chi connectivity index (χ0n) is 17.3. The van der Waals surface area contributed by atoms with E-state index in [0.717, 1.165) is 5.56 Å². The first-order chi connectivity index (χ1) is 13.7. The Labute approximate surface area is 170 Å². The van der Waals surface area contributed by atoms with Crippen molar-refractivity contribution in [3.05, 3.63) is 53.6 Å². The Hall–Kier alpha value is -3.22. The molecule has 2 rings (SSSR count). The molecule has 0 heterocycles. The zero-order valence-corrected chi connectivity index (χ0v) is 17.3. The lowest BCUT2D eigenvalue weighted by atomic mass is 10.1. The molecule has 2 N–H and O–H groups in total. The number of hydrogen-bond donors (Lipinski definition) is 2. The van der Waals surface area contributed by atoms with Gasteiger partial charge in [-0.3, -0.25) is 4.79 Å². The van der Waals surface area contributed by atoms with Crippen LogP contribution in [-0.2, 0) is 11.2 Å². The number of carbonyl (C=O) groups is 2. The number of methoxy groups -OCH3 is 2. The SMILES string of the molecule is COc1ccc(OC)c(C(=O)NC(C)Cc2ccc(OC(C)(C)C(=O)O)cc2)c1. The van der Waals surface area contributed by atoms with Crippen LogP contribution in [0, 0.1) is 0 Å². The van der Waals surface area contributed by atoms with Crippen LogP contribution in [0.25, 0.3) is 0 Å². The molecule has 2 aromatic rings. The van der Waals surface area contributed by atoms with E-state index < -0.39 is 11.6 Å². The van der Waals surface area contributed by atoms with Gasteiger partial charge in [0.15, 0.2) is 5.60 Å². The third-order valence-electron chi connectivity index (χ3n) is 4.38. The second-order valence-electron chi connectivity index (χ2n) is 7.21. The molecule has 7 heteroatoms. The van der Waals surface area contributed by atoms with Crippen molar-refractivity contribution in [1.82, 2.24) is 5.32 Å². The lowest BCUT2D eigenvalue weighted by Crippen LogP contribution is -2.37. The summed E-state index contributed by atoms with van der Waals surface area (Å²) in [5.41, 5.74) is 0.0766. The average Bonchev–Trinajstić information content (AvgIpc) is 2.68. The van der Waals surface area contributed by atoms with E-state index in [1.54, 1.807) is 30.3 Å². The van der Waals surface area contributed by atoms with Crippen LogP contribution in [-0.4, -0.2) is 42.8 Å². The lowest BCUT2D eigenvalue weighted by Gasteiger charge is -2.21. The van der Waals surface area contributed by atoms with Gasteiger partial charge in [0.25, 0.3) is 5.91 Å². The number of aliphatic carboxylic acids is 1. The van der Waals surface area contributed by atoms with Gasteiger partial charge in [-0.2, -0.15) is 0 Å². The molecule has 29 heavy (non-hydrogen) atoms. The average molecular weight is 401 g/mol. The first-order valence-corrected chi connectivity index (χ1v) is 9.20. The van der Waals surface area contributed by atoms with Gasteiger partial charge in [0.05, 0.1) is 19.8 Å². The molecule has 2 aromatic carbocycles. The lowest BCUT2D eigenvalue weighted by molar-refractivity contribution is -0.152. The van der Waals surface area contributed by atoms with Crippen LogP contribution >= 0.6 is 0 Å². The van der Waals surface area contributed by atoms with Crippen LogP contribution in [0.5, 0.6) is 17.2 Å². The van der Waals surface area contributed by atoms with Gasteiger partial charge < -0.3 is 24.6 Å². The Morgan fingerprint density at radius 1 is 1.03 bits per heavy atom. The first kappa shape index (κ1) is 22.1. The van der Waals surface area contributed by atoms with Gasteiger partial charge in [0, 0.05) is 6.04 Å². The molecular weight excluding hydrogens is 374 g/mol. The number of amides is 1. The summed E-state index contributed by atoms with van der Waals surface area (Å²) in [7, 11) is 3.05. The van der Waals surface area contributed by atoms with Crippen molar-refractivity contribution in [3.63, 3.8) is 0 Å². The van der Waals surface area contributed by atoms with Gasteiger partial charge >= 0.3 is 5.97 Å². The van der Waals surface area contributed by atoms with Crippen molar-refractivity contribution < 1.29 is 28.9 Å². The molecule has 0 radical (unpaired) electrons. The molecule has 0 aliphatic carbocycles. The van der Waals surface area contributed by atoms with Crippen molar-refractivity contribution in [2.75, 3.05) is 14.2 Å². The predicted molar refractivity (Wildman–Crippen MR) is 109 cm³/mol. The molecule has 0 aromatic heterocycles. The number of carbonyl (C=O) groups excluding carboxylic acids is 1. The normalized spacial score (nSPS) is 12.0. The maximum Gasteiger partial charge on any atom is 0.347 e. The summed E-state index contributed by atoms with van der Waals surface area (Å²) in [6, 6.07) is 12.1. The van der Waals surface area contributed by atoms with E-state index in [1.807, 2.05) is 19.1 Å². The monoisotopic (exact) mass is 401 g/mol. The van der Waals surface area contributed by atoms with Gasteiger partial charge in [-0.25, -0.2) is 4.79 Å². The molecular formula is C22H27NO6. The van der Waals surface area contributed by atoms with E-state index in [0.29, 0.717) is 29.2 Å². The molecule has 1 unspecified atom stereocenters. The van der Waals surface area contributed by atoms with Crippen LogP contribution in [0.3, 0.4) is 0 Å². The van der Waals surface area contributed by atoms with E-state index >= 15 is 0 Å². The number of ether oxygens (including phenoxy) is 3. The van der Waals surface area contributed by atoms with E-state index in [1.165, 1.54) is 28.1 Å². The fourth-order valence-corrected chi connectivity index (χ4v) is 2.73. The molecule has 0 aliphatic heterocycles. The number of carboxylic acid groups (broad SMARTS) is 1. The van der Waals surface area contributed by atoms with Gasteiger partial charge in [-0.15, -0.1) is 0 Å². The smallest absolute Gasteiger partial charge is 0.347 e. The van der Waals surface area contributed by atoms with Gasteiger partial charge in [0.1, 0.15) is 17.2 Å². The number of carboxylic acids is 1. The summed E-state index contributed by atoms with van der Waals surface area (Å²) in [6.45, 7) is 4.89. The topological polar surface area (TPSA) is 94.1 Å². The minimum atomic E-state index is -1.31. The molecule has 1 amide bonds. The van der Waals surface area contributed by atoms with Crippen molar-refractivity contribution in [2.45, 2.75) is 38.8 Å². The van der Waals surface area contributed by atoms with Crippen LogP contribution in [0.2, 0.25) is 0 Å². The number of rotatable bonds is 9. The van der Waals surface area contributed by atoms with Crippen molar-refractivity contribution in [2.24, 2.45) is 0 Å². The summed E-state index contributed by atoms with van der Waals surface area (Å²) in [4.78, 5) is 23.8. The summed E-state index contributed by atoms with van der Waals surface area (Å²) in [5.74, 6) is 0.225. The van der Waals surface area contributed by atoms with E-state index in [2.05, 4.69) is 5.32 Å². The second-order valence-corrected chi connectivity index (χ2v) is 7.21. The molecule has 7 nitrogen and oxygen atoms in total. The quantitative estimate of drug-likeness (QED) is 0.670. The molecule has 0 saturated carbocycles. The minimum Gasteiger partial charge on any atom is -0.497 e. The van der Waals surface area contributed by atoms with Gasteiger partial charge in [-0.1, -0.05) is 12.1 Å². The first-order valence-electron chi connectivity index (χ1n) is 9.20. The summed E-state index contributed by atoms with van der Waals surface area (Å²) < 4.78 is 15.9. The standard InChI is InChI=1S/C22H27NO6/c1-14(23-20(24)18-13-17(27-4)10-11-19(18)28-5)12-15-6-8-16(9-7-15)29-22(2,3)21(25)26/h6-11,13-14H,12H2,1-5H3,(H,23,24)(H,25,26). The van der Waals surface area contributed by atoms with Crippen LogP contribution in [0.15, 0.2) is 42.5 Å². The Balaban J connectivity index is 2.01. The van der Waals surface area contributed by atoms with Crippen LogP contribution in [0.1, 0.15) is 36.7 Å². The Morgan fingerprint density at radius 3 is 2.21 bits per heavy atom. The molecule has 0 saturated heterocycles. The molecule has 0 spiro atoms. The van der Waals surface area contributed by atoms with E-state index in [9.17, 15) is 9.59 Å². The zero-order chi connectivity index (χ0) is 21.6. The van der Waals surface area contributed by atoms with Crippen molar-refractivity contribution in [1.29, 1.82) is 0 Å². The van der Waals surface area contributed by atoms with Gasteiger partial charge in [0.2, 0.25) is 0 Å². The van der Waals surface area contributed by atoms with Crippen LogP contribution in [0.4, 0.5) is 0 Å². The Kier molecular flexibility index (Phi) is 7.09. The maximum atomic E-state index is 12.6. The number of nitrogens with one attached hydrogen (secondary N) is 1. The Morgan fingerprint density at radius 2 is 1.66 bits per heavy atom. The highest BCUT2D eigenvalue weighted by Crippen LogP contribution is 2.24. The predicted octanol–water partition coefficient (Wildman–Crippen LogP) is 3.31. The largest absolute Gasteiger partial charge is 0.497 e. The van der Waals surface area contributed by atoms with Crippen molar-refractivity contribution >= 4 is 11.9 Å². The highest BCUT2D eigenvalue weighted by molar-refractivity contribution is 5.97. The van der Waals surface area contributed by atoms with E-state index in [4.69, 9.17) is 19.3 Å². The number of hydrogen-bond acceptors (Lipinski definition) is 5. The van der Waals surface area contributed by atoms with E-state index in [-0.39, 0.29) is 11.9 Å². The second kappa shape index (κ2) is 9.32. The summed E-state index contributed by atoms with van der Waals surface area (Å²) in [5, 5.41) is 12.1. The van der Waals surface area contributed by atoms with Gasteiger partial charge in [-0.05, 0) is 63.1 Å². The third kappa shape index (κ3) is 5.88. The molecule has 0 fully saturated rings. The number of benzene rings is 2. The fourth-order valence-electron chi connectivity index (χ4n) is 2.73. The highest BCUT2D eigenvalue weighted by Gasteiger charge is 2.29. The summed E-state index contributed by atoms with van der Waals surface area (Å²) in [6.07, 6.45) is 0.598. The minimum absolute atomic E-state index is 0.138. The highest BCUT2D eigenvalue weighted by atomic mass is 16.5. The molecule has 156 valence electrons. The fraction of sp³-hybridized carbons (Fsp3) is 0.364. The molecule has 1 atom stereocenters. The van der Waals surface area contributed by atoms with Crippen LogP contribution < -0.4 is 19.5 Å². The summed E-state index contributed by atoms with van der Waals surface area (Å²) >= 11 is 0. The molecule has 0 aliphatic rings. The third-order valence-corrected chi connectivity index (χ3v) is 4.38. The molecule has 0 bridgehead atoms. The Bertz CT molecular complexity index is 860.